The third-order valence-corrected chi connectivity index (χ3v) is 7.59. The number of piperidine rings is 1. The Morgan fingerprint density at radius 3 is 2.42 bits per heavy atom. The number of ether oxygens (including phenoxy) is 1. The second kappa shape index (κ2) is 8.39. The highest BCUT2D eigenvalue weighted by atomic mass is 32.2. The number of hydrogen-bond acceptors (Lipinski definition) is 6. The van der Waals surface area contributed by atoms with Crippen molar-refractivity contribution in [3.05, 3.63) is 53.1 Å². The van der Waals surface area contributed by atoms with E-state index < -0.39 is 31.8 Å². The molecule has 2 aromatic carbocycles. The van der Waals surface area contributed by atoms with Crippen molar-refractivity contribution in [1.82, 2.24) is 4.90 Å². The normalized spacial score (nSPS) is 18.5. The van der Waals surface area contributed by atoms with Gasteiger partial charge in [-0.15, -0.1) is 0 Å². The number of nitriles is 1. The van der Waals surface area contributed by atoms with E-state index in [2.05, 4.69) is 16.3 Å². The third-order valence-electron chi connectivity index (χ3n) is 6.46. The van der Waals surface area contributed by atoms with Crippen LogP contribution in [-0.2, 0) is 20.0 Å². The molecule has 174 valence electrons. The molecule has 2 aliphatic heterocycles. The largest absolute Gasteiger partial charge is 0.492 e. The van der Waals surface area contributed by atoms with Gasteiger partial charge >= 0.3 is 0 Å². The van der Waals surface area contributed by atoms with E-state index in [4.69, 9.17) is 4.74 Å². The number of carbonyl (C=O) groups is 1. The summed E-state index contributed by atoms with van der Waals surface area (Å²) < 4.78 is 56.8. The second-order valence-electron chi connectivity index (χ2n) is 8.59. The van der Waals surface area contributed by atoms with Gasteiger partial charge in [0.05, 0.1) is 17.0 Å². The highest BCUT2D eigenvalue weighted by molar-refractivity contribution is 7.90. The minimum Gasteiger partial charge on any atom is -0.492 e. The summed E-state index contributed by atoms with van der Waals surface area (Å²) in [4.78, 5) is 14.0. The Morgan fingerprint density at radius 1 is 1.21 bits per heavy atom. The Kier molecular flexibility index (Phi) is 5.88. The lowest BCUT2D eigenvalue weighted by Crippen LogP contribution is -2.50. The summed E-state index contributed by atoms with van der Waals surface area (Å²) in [6.07, 6.45) is 1.87. The molecule has 1 fully saturated rings. The Hall–Kier alpha value is -3.03. The zero-order valence-corrected chi connectivity index (χ0v) is 19.0. The predicted octanol–water partition coefficient (Wildman–Crippen LogP) is 2.99. The predicted molar refractivity (Wildman–Crippen MR) is 117 cm³/mol. The zero-order valence-electron chi connectivity index (χ0n) is 18.2. The Morgan fingerprint density at radius 2 is 1.85 bits per heavy atom. The number of carbonyl (C=O) groups excluding carboxylic acids is 1. The van der Waals surface area contributed by atoms with Crippen LogP contribution in [0.4, 0.5) is 14.5 Å². The molecule has 2 aliphatic rings. The van der Waals surface area contributed by atoms with Crippen LogP contribution in [0.3, 0.4) is 0 Å². The summed E-state index contributed by atoms with van der Waals surface area (Å²) in [5.41, 5.74) is 1.43. The molecule has 4 rings (SSSR count). The molecular formula is C23H23F2N3O4S. The minimum absolute atomic E-state index is 0.0620. The number of nitrogens with zero attached hydrogens (tertiary/aromatic N) is 2. The number of sulfone groups is 1. The van der Waals surface area contributed by atoms with Gasteiger partial charge in [0, 0.05) is 30.1 Å². The van der Waals surface area contributed by atoms with Gasteiger partial charge in [0.2, 0.25) is 5.91 Å². The molecule has 10 heteroatoms. The van der Waals surface area contributed by atoms with Crippen molar-refractivity contribution in [2.45, 2.75) is 36.1 Å². The summed E-state index contributed by atoms with van der Waals surface area (Å²) in [7, 11) is -4.03. The molecule has 0 radical (unpaired) electrons. The summed E-state index contributed by atoms with van der Waals surface area (Å²) in [6.45, 7) is 3.24. The average Bonchev–Trinajstić information content (AvgIpc) is 3.01. The topological polar surface area (TPSA) is 99.5 Å². The summed E-state index contributed by atoms with van der Waals surface area (Å²) in [6, 6.07) is 8.95. The van der Waals surface area contributed by atoms with E-state index in [1.165, 1.54) is 0 Å². The first kappa shape index (κ1) is 23.1. The van der Waals surface area contributed by atoms with E-state index in [1.807, 2.05) is 6.92 Å². The average molecular weight is 476 g/mol. The Labute approximate surface area is 190 Å². The molecule has 0 unspecified atom stereocenters. The van der Waals surface area contributed by atoms with Gasteiger partial charge in [-0.1, -0.05) is 0 Å². The molecule has 0 aromatic heterocycles. The highest BCUT2D eigenvalue weighted by Gasteiger charge is 2.48. The maximum absolute atomic E-state index is 14.1. The van der Waals surface area contributed by atoms with Crippen LogP contribution in [0.15, 0.2) is 35.2 Å². The van der Waals surface area contributed by atoms with Crippen LogP contribution in [0.1, 0.15) is 30.9 Å². The van der Waals surface area contributed by atoms with E-state index in [9.17, 15) is 27.3 Å². The number of hydrogen-bond donors (Lipinski definition) is 1. The van der Waals surface area contributed by atoms with Crippen LogP contribution >= 0.6 is 0 Å². The number of halogens is 2. The van der Waals surface area contributed by atoms with Gasteiger partial charge in [0.1, 0.15) is 28.9 Å². The smallest absolute Gasteiger partial charge is 0.235 e. The number of anilines is 1. The fraction of sp³-hybridized carbons (Fsp3) is 0.391. The molecule has 1 atom stereocenters. The zero-order chi connectivity index (χ0) is 24.0. The molecule has 2 heterocycles. The van der Waals surface area contributed by atoms with Gasteiger partial charge in [-0.2, -0.15) is 5.26 Å². The first-order chi connectivity index (χ1) is 15.5. The van der Waals surface area contributed by atoms with Crippen LogP contribution in [0.25, 0.3) is 0 Å². The molecule has 1 amide bonds. The lowest BCUT2D eigenvalue weighted by molar-refractivity contribution is -0.122. The van der Waals surface area contributed by atoms with Crippen molar-refractivity contribution in [2.75, 3.05) is 31.3 Å². The van der Waals surface area contributed by atoms with Gasteiger partial charge in [-0.05, 0) is 56.6 Å². The molecular weight excluding hydrogens is 452 g/mol. The summed E-state index contributed by atoms with van der Waals surface area (Å²) >= 11 is 0. The van der Waals surface area contributed by atoms with Crippen molar-refractivity contribution in [2.24, 2.45) is 0 Å². The van der Waals surface area contributed by atoms with Crippen LogP contribution in [0.5, 0.6) is 5.75 Å². The molecule has 1 N–H and O–H groups in total. The number of nitrogens with one attached hydrogen (secondary N) is 1. The molecule has 1 saturated heterocycles. The highest BCUT2D eigenvalue weighted by Crippen LogP contribution is 2.45. The third kappa shape index (κ3) is 4.18. The van der Waals surface area contributed by atoms with Crippen molar-refractivity contribution in [1.29, 1.82) is 5.26 Å². The monoisotopic (exact) mass is 475 g/mol. The number of amides is 1. The first-order valence-electron chi connectivity index (χ1n) is 10.5. The lowest BCUT2D eigenvalue weighted by Gasteiger charge is -2.40. The van der Waals surface area contributed by atoms with Gasteiger partial charge in [-0.25, -0.2) is 17.2 Å². The van der Waals surface area contributed by atoms with Crippen molar-refractivity contribution >= 4 is 21.4 Å². The van der Waals surface area contributed by atoms with E-state index in [0.717, 1.165) is 29.6 Å². The van der Waals surface area contributed by atoms with Crippen LogP contribution in [-0.4, -0.2) is 51.2 Å². The van der Waals surface area contributed by atoms with Gasteiger partial charge in [0.15, 0.2) is 9.84 Å². The fourth-order valence-corrected chi connectivity index (χ4v) is 5.45. The Balaban J connectivity index is 1.42. The summed E-state index contributed by atoms with van der Waals surface area (Å²) in [5.74, 6) is -2.54. The van der Waals surface area contributed by atoms with Crippen LogP contribution in [0.2, 0.25) is 0 Å². The maximum atomic E-state index is 14.1. The van der Waals surface area contributed by atoms with Gasteiger partial charge in [0.25, 0.3) is 0 Å². The van der Waals surface area contributed by atoms with E-state index in [1.54, 1.807) is 18.2 Å². The lowest BCUT2D eigenvalue weighted by atomic mass is 9.73. The quantitative estimate of drug-likeness (QED) is 0.714. The molecule has 1 spiro atoms. The molecule has 7 nitrogen and oxygen atoms in total. The van der Waals surface area contributed by atoms with Gasteiger partial charge in [-0.3, -0.25) is 9.69 Å². The fourth-order valence-electron chi connectivity index (χ4n) is 4.62. The standard InChI is InChI=1S/C23H23F2N3O4S/c1-14(13-32-16-10-18(24)21(19(25)11-16)33(2,30)31)28-7-5-23(6-8-28)17-9-15(12-26)3-4-20(17)27-22(23)29/h3-4,9-11,14H,5-8,13H2,1-2H3,(H,27,29)/t14-/m0/s1. The minimum atomic E-state index is -4.03. The van der Waals surface area contributed by atoms with E-state index in [0.29, 0.717) is 31.5 Å². The number of benzene rings is 2. The van der Waals surface area contributed by atoms with Crippen LogP contribution in [0, 0.1) is 23.0 Å². The molecule has 0 aliphatic carbocycles. The molecule has 0 saturated carbocycles. The Bertz CT molecular complexity index is 1240. The second-order valence-corrected chi connectivity index (χ2v) is 10.5. The van der Waals surface area contributed by atoms with E-state index in [-0.39, 0.29) is 24.3 Å². The summed E-state index contributed by atoms with van der Waals surface area (Å²) in [5, 5.41) is 12.1. The van der Waals surface area contributed by atoms with Crippen LogP contribution < -0.4 is 10.1 Å². The van der Waals surface area contributed by atoms with Crippen molar-refractivity contribution in [3.63, 3.8) is 0 Å². The van der Waals surface area contributed by atoms with E-state index >= 15 is 0 Å². The molecule has 33 heavy (non-hydrogen) atoms. The molecule has 2 aromatic rings. The first-order valence-corrected chi connectivity index (χ1v) is 12.4. The van der Waals surface area contributed by atoms with Crippen molar-refractivity contribution < 1.29 is 26.7 Å². The molecule has 0 bridgehead atoms. The number of likely N-dealkylation sites (tertiary alicyclic amines) is 1. The maximum Gasteiger partial charge on any atom is 0.235 e. The van der Waals surface area contributed by atoms with Crippen molar-refractivity contribution in [3.8, 4) is 11.8 Å². The number of rotatable bonds is 5. The number of fused-ring (bicyclic) bond motifs is 2. The SMILES string of the molecule is C[C@@H](COc1cc(F)c(S(C)(=O)=O)c(F)c1)N1CCC2(CC1)C(=O)Nc1ccc(C#N)cc12. The van der Waals surface area contributed by atoms with Gasteiger partial charge < -0.3 is 10.1 Å².